The number of anilines is 1. The summed E-state index contributed by atoms with van der Waals surface area (Å²) < 4.78 is 0. The molecule has 2 heterocycles. The molecule has 2 rings (SSSR count). The molecule has 0 radical (unpaired) electrons. The Bertz CT molecular complexity index is 471. The van der Waals surface area contributed by atoms with Crippen molar-refractivity contribution in [2.24, 2.45) is 0 Å². The predicted octanol–water partition coefficient (Wildman–Crippen LogP) is 2.26. The molecule has 1 aliphatic rings. The maximum atomic E-state index is 12.3. The molecule has 0 saturated carbocycles. The van der Waals surface area contributed by atoms with E-state index in [2.05, 4.69) is 19.0 Å². The SMILES string of the molecule is CC(=O)Nc1sccc1C(=O)N1CC[C-](C)CC1.[CH-]=O.[W+2]. The van der Waals surface area contributed by atoms with E-state index in [-0.39, 0.29) is 32.9 Å². The van der Waals surface area contributed by atoms with Crippen LogP contribution in [0.2, 0.25) is 0 Å². The molecule has 2 amide bonds. The molecule has 0 bridgehead atoms. The molecule has 1 aromatic rings. The van der Waals surface area contributed by atoms with E-state index in [1.165, 1.54) is 24.2 Å². The average molecular weight is 478 g/mol. The fourth-order valence-corrected chi connectivity index (χ4v) is 2.82. The first-order chi connectivity index (χ1) is 9.58. The Morgan fingerprint density at radius 2 is 1.90 bits per heavy atom. The summed E-state index contributed by atoms with van der Waals surface area (Å²) in [6, 6.07) is 1.78. The first kappa shape index (κ1) is 20.0. The van der Waals surface area contributed by atoms with Crippen molar-refractivity contribution in [3.8, 4) is 0 Å². The van der Waals surface area contributed by atoms with Crippen LogP contribution in [-0.4, -0.2) is 36.6 Å². The summed E-state index contributed by atoms with van der Waals surface area (Å²) in [6.45, 7) is 8.39. The minimum absolute atomic E-state index is 0. The Morgan fingerprint density at radius 1 is 1.33 bits per heavy atom. The van der Waals surface area contributed by atoms with Crippen molar-refractivity contribution in [1.82, 2.24) is 4.90 Å². The van der Waals surface area contributed by atoms with Gasteiger partial charge in [0.25, 0.3) is 5.91 Å². The van der Waals surface area contributed by atoms with Gasteiger partial charge in [-0.25, -0.2) is 0 Å². The van der Waals surface area contributed by atoms with E-state index in [1.807, 2.05) is 10.3 Å². The van der Waals surface area contributed by atoms with Crippen molar-refractivity contribution < 1.29 is 35.4 Å². The Morgan fingerprint density at radius 3 is 2.43 bits per heavy atom. The van der Waals surface area contributed by atoms with Crippen LogP contribution in [0.1, 0.15) is 37.0 Å². The smallest absolute Gasteiger partial charge is 0.545 e. The third-order valence-electron chi connectivity index (χ3n) is 3.09. The van der Waals surface area contributed by atoms with Crippen LogP contribution in [0.25, 0.3) is 0 Å². The van der Waals surface area contributed by atoms with Gasteiger partial charge < -0.3 is 20.9 Å². The van der Waals surface area contributed by atoms with Crippen molar-refractivity contribution in [2.75, 3.05) is 18.4 Å². The first-order valence-electron chi connectivity index (χ1n) is 6.27. The van der Waals surface area contributed by atoms with Crippen LogP contribution in [-0.2, 0) is 30.7 Å². The number of rotatable bonds is 2. The maximum absolute atomic E-state index is 12.3. The van der Waals surface area contributed by atoms with E-state index in [1.54, 1.807) is 6.07 Å². The zero-order valence-electron chi connectivity index (χ0n) is 12.0. The average Bonchev–Trinajstić information content (AvgIpc) is 2.88. The first-order valence-corrected chi connectivity index (χ1v) is 7.15. The Kier molecular flexibility index (Phi) is 9.38. The quantitative estimate of drug-likeness (QED) is 0.524. The molecule has 0 atom stereocenters. The van der Waals surface area contributed by atoms with Crippen LogP contribution in [0.15, 0.2) is 11.4 Å². The van der Waals surface area contributed by atoms with Gasteiger partial charge in [-0.3, -0.25) is 16.4 Å². The van der Waals surface area contributed by atoms with Crippen LogP contribution in [0, 0.1) is 5.92 Å². The number of nitrogens with one attached hydrogen (secondary N) is 1. The van der Waals surface area contributed by atoms with Gasteiger partial charge >= 0.3 is 21.1 Å². The van der Waals surface area contributed by atoms with Crippen molar-refractivity contribution >= 4 is 34.9 Å². The van der Waals surface area contributed by atoms with Crippen molar-refractivity contribution in [2.45, 2.75) is 26.7 Å². The summed E-state index contributed by atoms with van der Waals surface area (Å²) in [4.78, 5) is 33.0. The minimum atomic E-state index is -0.144. The topological polar surface area (TPSA) is 66.5 Å². The molecule has 0 aliphatic carbocycles. The minimum Gasteiger partial charge on any atom is -0.545 e. The normalized spacial score (nSPS) is 14.5. The molecule has 1 aliphatic heterocycles. The number of amides is 2. The number of likely N-dealkylation sites (tertiary alicyclic amines) is 1. The van der Waals surface area contributed by atoms with Gasteiger partial charge in [-0.1, -0.05) is 0 Å². The van der Waals surface area contributed by atoms with Crippen molar-refractivity contribution in [3.63, 3.8) is 0 Å². The van der Waals surface area contributed by atoms with Crippen LogP contribution in [0.5, 0.6) is 0 Å². The summed E-state index contributed by atoms with van der Waals surface area (Å²) >= 11 is 1.39. The van der Waals surface area contributed by atoms with Crippen molar-refractivity contribution in [3.05, 3.63) is 22.9 Å². The van der Waals surface area contributed by atoms with Gasteiger partial charge in [0, 0.05) is 6.92 Å². The number of thiophene rings is 1. The van der Waals surface area contributed by atoms with Gasteiger partial charge in [0.05, 0.1) is 5.56 Å². The number of nitrogens with zero attached hydrogens (tertiary/aromatic N) is 1. The summed E-state index contributed by atoms with van der Waals surface area (Å²) in [5.41, 5.74) is 0.606. The summed E-state index contributed by atoms with van der Waals surface area (Å²) in [5, 5.41) is 5.19. The second kappa shape index (κ2) is 9.85. The van der Waals surface area contributed by atoms with Crippen LogP contribution in [0.4, 0.5) is 5.00 Å². The van der Waals surface area contributed by atoms with Gasteiger partial charge in [0.15, 0.2) is 0 Å². The molecule has 1 saturated heterocycles. The summed E-state index contributed by atoms with van der Waals surface area (Å²) in [7, 11) is 0. The number of carbonyl (C=O) groups is 2. The molecule has 1 fully saturated rings. The Labute approximate surface area is 143 Å². The molecule has 0 spiro atoms. The molecule has 1 N–H and O–H groups in total. The van der Waals surface area contributed by atoms with E-state index in [0.29, 0.717) is 10.6 Å². The molecule has 1 aromatic heterocycles. The van der Waals surface area contributed by atoms with Gasteiger partial charge in [0.1, 0.15) is 5.00 Å². The molecule has 114 valence electrons. The summed E-state index contributed by atoms with van der Waals surface area (Å²) in [5.74, 6) is 1.33. The standard InChI is InChI=1S/C13H17N2O2S.CHO.W/c1-9-3-6-15(7-4-9)13(17)11-5-8-18-12(11)14-10(2)16;1-2;/h5,8H,3-4,6-7H2,1-2H3,(H,14,16);1H;/q2*-1;+2. The largest absolute Gasteiger partial charge is 2.00 e. The third-order valence-corrected chi connectivity index (χ3v) is 3.92. The van der Waals surface area contributed by atoms with Gasteiger partial charge in [-0.05, 0) is 24.5 Å². The van der Waals surface area contributed by atoms with Crippen LogP contribution in [0.3, 0.4) is 0 Å². The molecule has 7 heteroatoms. The monoisotopic (exact) mass is 478 g/mol. The molecule has 21 heavy (non-hydrogen) atoms. The van der Waals surface area contributed by atoms with E-state index < -0.39 is 0 Å². The molecular formula is C14H18N2O3SW. The van der Waals surface area contributed by atoms with E-state index in [4.69, 9.17) is 4.79 Å². The molecule has 0 aromatic carbocycles. The number of hydrogen-bond acceptors (Lipinski definition) is 4. The number of hydrogen-bond donors (Lipinski definition) is 1. The third kappa shape index (κ3) is 5.71. The second-order valence-electron chi connectivity index (χ2n) is 4.59. The summed E-state index contributed by atoms with van der Waals surface area (Å²) in [6.07, 6.45) is 1.96. The maximum Gasteiger partial charge on any atom is 2.00 e. The van der Waals surface area contributed by atoms with E-state index >= 15 is 0 Å². The van der Waals surface area contributed by atoms with Gasteiger partial charge in [-0.2, -0.15) is 19.8 Å². The van der Waals surface area contributed by atoms with Crippen LogP contribution >= 0.6 is 11.3 Å². The fourth-order valence-electron chi connectivity index (χ4n) is 2.00. The molecule has 0 unspecified atom stereocenters. The Hall–Kier alpha value is -1.00. The van der Waals surface area contributed by atoms with Gasteiger partial charge in [-0.15, -0.1) is 11.3 Å². The van der Waals surface area contributed by atoms with Gasteiger partial charge in [0.2, 0.25) is 5.91 Å². The zero-order chi connectivity index (χ0) is 15.1. The van der Waals surface area contributed by atoms with E-state index in [9.17, 15) is 9.59 Å². The van der Waals surface area contributed by atoms with Crippen molar-refractivity contribution in [1.29, 1.82) is 0 Å². The predicted molar refractivity (Wildman–Crippen MR) is 79.4 cm³/mol. The fraction of sp³-hybridized carbons (Fsp3) is 0.429. The second-order valence-corrected chi connectivity index (χ2v) is 5.51. The molecule has 5 nitrogen and oxygen atoms in total. The van der Waals surface area contributed by atoms with E-state index in [0.717, 1.165) is 25.9 Å². The Balaban J connectivity index is 0.00000128. The van der Waals surface area contributed by atoms with Crippen LogP contribution < -0.4 is 5.32 Å². The number of carbonyl (C=O) groups excluding carboxylic acids is 3. The molecular weight excluding hydrogens is 460 g/mol. The zero-order valence-corrected chi connectivity index (χ0v) is 15.8. The number of piperidine rings is 1.